The first-order valence-corrected chi connectivity index (χ1v) is 13.4. The van der Waals surface area contributed by atoms with Crippen molar-refractivity contribution >= 4 is 33.4 Å². The van der Waals surface area contributed by atoms with E-state index in [9.17, 15) is 8.42 Å². The topological polar surface area (TPSA) is 97.3 Å². The summed E-state index contributed by atoms with van der Waals surface area (Å²) in [5, 5.41) is 0.585. The summed E-state index contributed by atoms with van der Waals surface area (Å²) >= 11 is 6.45. The van der Waals surface area contributed by atoms with Gasteiger partial charge in [0.1, 0.15) is 5.82 Å². The number of halogens is 1. The van der Waals surface area contributed by atoms with E-state index in [1.165, 1.54) is 6.42 Å². The van der Waals surface area contributed by atoms with E-state index in [0.29, 0.717) is 22.3 Å². The van der Waals surface area contributed by atoms with Crippen molar-refractivity contribution in [3.05, 3.63) is 70.4 Å². The highest BCUT2D eigenvalue weighted by atomic mass is 35.5. The number of sulfone groups is 1. The zero-order valence-corrected chi connectivity index (χ0v) is 21.6. The van der Waals surface area contributed by atoms with Crippen LogP contribution < -0.4 is 4.90 Å². The summed E-state index contributed by atoms with van der Waals surface area (Å²) in [6.45, 7) is 8.01. The molecular weight excluding hydrogens is 486 g/mol. The van der Waals surface area contributed by atoms with Crippen molar-refractivity contribution in [1.82, 2.24) is 9.97 Å². The van der Waals surface area contributed by atoms with Crippen LogP contribution in [0.4, 0.5) is 5.82 Å². The van der Waals surface area contributed by atoms with Crippen molar-refractivity contribution in [1.29, 1.82) is 0 Å². The van der Waals surface area contributed by atoms with Crippen LogP contribution in [0.3, 0.4) is 0 Å². The van der Waals surface area contributed by atoms with Crippen LogP contribution in [0.25, 0.3) is 11.3 Å². The molecule has 1 atom stereocenters. The fourth-order valence-corrected chi connectivity index (χ4v) is 5.76. The number of aryl methyl sites for hydroxylation is 2. The molecule has 35 heavy (non-hydrogen) atoms. The van der Waals surface area contributed by atoms with E-state index in [1.807, 2.05) is 38.1 Å². The van der Waals surface area contributed by atoms with Gasteiger partial charge in [-0.3, -0.25) is 4.98 Å². The van der Waals surface area contributed by atoms with Gasteiger partial charge in [0, 0.05) is 18.7 Å². The Hall–Kier alpha value is -3.06. The van der Waals surface area contributed by atoms with Crippen LogP contribution >= 0.6 is 11.6 Å². The lowest BCUT2D eigenvalue weighted by atomic mass is 9.99. The lowest BCUT2D eigenvalue weighted by molar-refractivity contribution is -0.191. The van der Waals surface area contributed by atoms with E-state index < -0.39 is 9.84 Å². The summed E-state index contributed by atoms with van der Waals surface area (Å²) in [7, 11) is -3.66. The number of pyridine rings is 2. The molecule has 3 aromatic rings. The second-order valence-electron chi connectivity index (χ2n) is 8.77. The molecule has 4 rings (SSSR count). The Morgan fingerprint density at radius 2 is 1.69 bits per heavy atom. The van der Waals surface area contributed by atoms with Crippen molar-refractivity contribution in [3.63, 3.8) is 0 Å². The smallest absolute Gasteiger partial charge is 0.356 e. The first-order chi connectivity index (χ1) is 16.7. The Labute approximate surface area is 211 Å². The predicted octanol–water partition coefficient (Wildman–Crippen LogP) is 5.04. The minimum absolute atomic E-state index is 0.0820. The SMILES string of the molecule is Cc1cccc(C)c1-c1nc(CS(=O)(=O)c2cccc(N3CCC[C@H](C)C3)n2)ccc1Cl.O=C=O. The lowest BCUT2D eigenvalue weighted by Crippen LogP contribution is -2.35. The maximum atomic E-state index is 13.2. The molecule has 2 aromatic heterocycles. The molecule has 1 aliphatic heterocycles. The molecule has 0 spiro atoms. The third-order valence-electron chi connectivity index (χ3n) is 5.97. The van der Waals surface area contributed by atoms with E-state index in [2.05, 4.69) is 21.8 Å². The normalized spacial score (nSPS) is 15.7. The van der Waals surface area contributed by atoms with Gasteiger partial charge in [-0.2, -0.15) is 9.59 Å². The van der Waals surface area contributed by atoms with Gasteiger partial charge in [0.25, 0.3) is 0 Å². The van der Waals surface area contributed by atoms with Crippen LogP contribution in [0, 0.1) is 19.8 Å². The van der Waals surface area contributed by atoms with Gasteiger partial charge in [0.15, 0.2) is 5.03 Å². The third-order valence-corrected chi connectivity index (χ3v) is 7.81. The van der Waals surface area contributed by atoms with Crippen molar-refractivity contribution in [2.75, 3.05) is 18.0 Å². The average molecular weight is 514 g/mol. The Balaban J connectivity index is 0.00000108. The number of piperidine rings is 1. The van der Waals surface area contributed by atoms with Crippen LogP contribution in [-0.4, -0.2) is 37.6 Å². The quantitative estimate of drug-likeness (QED) is 0.471. The highest BCUT2D eigenvalue weighted by molar-refractivity contribution is 7.90. The molecule has 0 saturated carbocycles. The molecule has 1 saturated heterocycles. The molecule has 0 unspecified atom stereocenters. The number of rotatable bonds is 5. The van der Waals surface area contributed by atoms with Crippen molar-refractivity contribution in [3.8, 4) is 11.3 Å². The first kappa shape index (κ1) is 26.5. The molecule has 9 heteroatoms. The van der Waals surface area contributed by atoms with E-state index in [0.717, 1.165) is 42.0 Å². The number of nitrogens with zero attached hydrogens (tertiary/aromatic N) is 3. The average Bonchev–Trinajstić information content (AvgIpc) is 2.81. The highest BCUT2D eigenvalue weighted by Gasteiger charge is 2.23. The van der Waals surface area contributed by atoms with Gasteiger partial charge in [-0.05, 0) is 68.0 Å². The van der Waals surface area contributed by atoms with Gasteiger partial charge in [-0.1, -0.05) is 42.8 Å². The van der Waals surface area contributed by atoms with Gasteiger partial charge < -0.3 is 4.90 Å². The van der Waals surface area contributed by atoms with Crippen molar-refractivity contribution < 1.29 is 18.0 Å². The van der Waals surface area contributed by atoms with Gasteiger partial charge in [-0.15, -0.1) is 0 Å². The summed E-state index contributed by atoms with van der Waals surface area (Å²) in [6, 6.07) is 14.6. The number of anilines is 1. The van der Waals surface area contributed by atoms with Crippen molar-refractivity contribution in [2.45, 2.75) is 44.4 Å². The largest absolute Gasteiger partial charge is 0.373 e. The van der Waals surface area contributed by atoms with Crippen LogP contribution in [0.1, 0.15) is 36.6 Å². The Morgan fingerprint density at radius 3 is 2.34 bits per heavy atom. The van der Waals surface area contributed by atoms with Crippen LogP contribution in [-0.2, 0) is 25.2 Å². The fraction of sp³-hybridized carbons (Fsp3) is 0.346. The summed E-state index contributed by atoms with van der Waals surface area (Å²) in [6.07, 6.45) is 2.54. The standard InChI is InChI=1S/C25H28ClN3O2S.CO2/c1-17-7-6-14-29(15-17)22-10-5-11-23(28-22)32(30,31)16-20-12-13-21(26)25(27-20)24-18(2)8-4-9-19(24)3;2-1-3/h4-5,8-13,17H,6-7,14-16H2,1-3H3;/t17-;/m0./s1. The van der Waals surface area contributed by atoms with Crippen molar-refractivity contribution in [2.24, 2.45) is 5.92 Å². The molecule has 0 radical (unpaired) electrons. The summed E-state index contributed by atoms with van der Waals surface area (Å²) < 4.78 is 26.4. The molecule has 184 valence electrons. The number of aromatic nitrogens is 2. The van der Waals surface area contributed by atoms with Gasteiger partial charge in [-0.25, -0.2) is 13.4 Å². The molecule has 1 fully saturated rings. The van der Waals surface area contributed by atoms with E-state index in [4.69, 9.17) is 21.2 Å². The second kappa shape index (κ2) is 11.6. The van der Waals surface area contributed by atoms with Gasteiger partial charge >= 0.3 is 6.15 Å². The molecular formula is C26H28ClN3O4S. The molecule has 0 N–H and O–H groups in total. The Bertz CT molecular complexity index is 1320. The minimum atomic E-state index is -3.66. The number of hydrogen-bond donors (Lipinski definition) is 0. The summed E-state index contributed by atoms with van der Waals surface area (Å²) in [5.74, 6) is 1.07. The molecule has 0 bridgehead atoms. The zero-order valence-electron chi connectivity index (χ0n) is 20.0. The van der Waals surface area contributed by atoms with Gasteiger partial charge in [0.05, 0.1) is 22.2 Å². The lowest BCUT2D eigenvalue weighted by Gasteiger charge is -2.32. The second-order valence-corrected chi connectivity index (χ2v) is 11.1. The zero-order chi connectivity index (χ0) is 25.6. The third kappa shape index (κ3) is 6.54. The molecule has 0 amide bonds. The van der Waals surface area contributed by atoms with Gasteiger partial charge in [0.2, 0.25) is 9.84 Å². The molecule has 0 aliphatic carbocycles. The van der Waals surface area contributed by atoms with E-state index in [-0.39, 0.29) is 16.9 Å². The molecule has 1 aromatic carbocycles. The summed E-state index contributed by atoms with van der Waals surface area (Å²) in [5.41, 5.74) is 4.09. The highest BCUT2D eigenvalue weighted by Crippen LogP contribution is 2.32. The number of benzene rings is 1. The Morgan fingerprint density at radius 1 is 1.03 bits per heavy atom. The fourth-order valence-electron chi connectivity index (χ4n) is 4.35. The maximum Gasteiger partial charge on any atom is 0.373 e. The van der Waals surface area contributed by atoms with Crippen LogP contribution in [0.5, 0.6) is 0 Å². The van der Waals surface area contributed by atoms with E-state index in [1.54, 1.807) is 24.3 Å². The summed E-state index contributed by atoms with van der Waals surface area (Å²) in [4.78, 5) is 27.6. The van der Waals surface area contributed by atoms with E-state index >= 15 is 0 Å². The first-order valence-electron chi connectivity index (χ1n) is 11.3. The molecule has 1 aliphatic rings. The van der Waals surface area contributed by atoms with Crippen LogP contribution in [0.15, 0.2) is 53.6 Å². The number of hydrogen-bond acceptors (Lipinski definition) is 7. The minimum Gasteiger partial charge on any atom is -0.356 e. The maximum absolute atomic E-state index is 13.2. The monoisotopic (exact) mass is 513 g/mol. The molecule has 7 nitrogen and oxygen atoms in total. The predicted molar refractivity (Wildman–Crippen MR) is 135 cm³/mol. The number of carbonyl (C=O) groups excluding carboxylic acids is 2. The van der Waals surface area contributed by atoms with Crippen LogP contribution in [0.2, 0.25) is 5.02 Å². The molecule has 3 heterocycles. The Kier molecular flexibility index (Phi) is 8.78.